The first kappa shape index (κ1) is 29.7. The van der Waals surface area contributed by atoms with Gasteiger partial charge in [0.25, 0.3) is 11.5 Å². The van der Waals surface area contributed by atoms with Crippen LogP contribution in [-0.2, 0) is 16.0 Å². The van der Waals surface area contributed by atoms with Crippen LogP contribution in [-0.4, -0.2) is 75.6 Å². The van der Waals surface area contributed by atoms with Gasteiger partial charge in [0.1, 0.15) is 17.2 Å². The summed E-state index contributed by atoms with van der Waals surface area (Å²) in [6.45, 7) is 8.20. The van der Waals surface area contributed by atoms with Crippen LogP contribution >= 0.6 is 0 Å². The molecule has 204 valence electrons. The van der Waals surface area contributed by atoms with Crippen molar-refractivity contribution < 1.29 is 33.7 Å². The maximum Gasteiger partial charge on any atom is 0.410 e. The monoisotopic (exact) mass is 522 g/mol. The fraction of sp³-hybridized carbons (Fsp3) is 0.520. The lowest BCUT2D eigenvalue weighted by atomic mass is 10.1. The minimum absolute atomic E-state index is 0.00547. The van der Waals surface area contributed by atoms with E-state index in [0.29, 0.717) is 11.1 Å². The van der Waals surface area contributed by atoms with Crippen molar-refractivity contribution in [2.75, 3.05) is 26.8 Å². The van der Waals surface area contributed by atoms with E-state index in [-0.39, 0.29) is 37.9 Å². The Morgan fingerprint density at radius 2 is 1.95 bits per heavy atom. The molecule has 0 bridgehead atoms. The first-order valence-corrected chi connectivity index (χ1v) is 11.7. The lowest BCUT2D eigenvalue weighted by Gasteiger charge is -2.27. The minimum atomic E-state index is -0.951. The highest BCUT2D eigenvalue weighted by Crippen LogP contribution is 2.18. The van der Waals surface area contributed by atoms with E-state index in [1.807, 2.05) is 0 Å². The Bertz CT molecular complexity index is 1160. The molecule has 12 heteroatoms. The number of aryl methyl sites for hydroxylation is 1. The van der Waals surface area contributed by atoms with Crippen molar-refractivity contribution in [3.63, 3.8) is 0 Å². The number of nitrogens with zero attached hydrogens (tertiary/aromatic N) is 2. The summed E-state index contributed by atoms with van der Waals surface area (Å²) < 4.78 is 24.4. The number of aliphatic hydroxyl groups excluding tert-OH is 1. The third-order valence-electron chi connectivity index (χ3n) is 5.07. The minimum Gasteiger partial charge on any atom is -0.501 e. The highest BCUT2D eigenvalue weighted by Gasteiger charge is 2.27. The van der Waals surface area contributed by atoms with Crippen LogP contribution in [0.5, 0.6) is 5.75 Å². The second-order valence-corrected chi connectivity index (χ2v) is 9.86. The van der Waals surface area contributed by atoms with Gasteiger partial charge in [0.2, 0.25) is 5.75 Å². The molecule has 0 aliphatic rings. The van der Waals surface area contributed by atoms with Gasteiger partial charge in [-0.2, -0.15) is 0 Å². The topological polar surface area (TPSA) is 154 Å². The Kier molecular flexibility index (Phi) is 10.2. The number of aromatic amines is 1. The summed E-state index contributed by atoms with van der Waals surface area (Å²) in [4.78, 5) is 45.6. The quantitative estimate of drug-likeness (QED) is 0.370. The van der Waals surface area contributed by atoms with Gasteiger partial charge >= 0.3 is 6.09 Å². The Hall–Kier alpha value is -3.51. The van der Waals surface area contributed by atoms with E-state index in [1.165, 1.54) is 31.0 Å². The number of H-pyrrole nitrogens is 1. The zero-order valence-electron chi connectivity index (χ0n) is 21.9. The first-order valence-electron chi connectivity index (χ1n) is 11.7. The van der Waals surface area contributed by atoms with Crippen molar-refractivity contribution in [2.45, 2.75) is 58.8 Å². The number of aromatic hydroxyl groups is 1. The van der Waals surface area contributed by atoms with Crippen LogP contribution in [0.1, 0.15) is 61.1 Å². The number of likely N-dealkylation sites (N-methyl/N-ethyl adjacent to an activating group) is 1. The van der Waals surface area contributed by atoms with E-state index in [1.54, 1.807) is 33.8 Å². The summed E-state index contributed by atoms with van der Waals surface area (Å²) in [6, 6.07) is 4.34. The van der Waals surface area contributed by atoms with Gasteiger partial charge in [-0.3, -0.25) is 9.59 Å². The molecule has 0 saturated heterocycles. The smallest absolute Gasteiger partial charge is 0.410 e. The molecule has 1 heterocycles. The molecule has 2 atom stereocenters. The predicted molar refractivity (Wildman–Crippen MR) is 133 cm³/mol. The van der Waals surface area contributed by atoms with Crippen LogP contribution < -0.4 is 10.9 Å². The molecule has 1 unspecified atom stereocenters. The van der Waals surface area contributed by atoms with Gasteiger partial charge in [0, 0.05) is 20.1 Å². The summed E-state index contributed by atoms with van der Waals surface area (Å²) in [5, 5.41) is 22.3. The van der Waals surface area contributed by atoms with Gasteiger partial charge in [-0.1, -0.05) is 12.1 Å². The number of benzene rings is 1. The maximum atomic E-state index is 13.5. The standard InChI is InChI=1S/C25H35FN4O7/c1-14-9-16(7-8-18(14)26)10-27-22(33)19-20(32)23(34)29-21(28-19)17(13-36-12-15(2)31)11-30(6)24(35)37-25(3,4)5/h7-9,15,17,31-32H,10-13H2,1-6H3,(H,27,33)(H,28,29,34)/t15-,17?/m1/s1. The Balaban J connectivity index is 2.29. The van der Waals surface area contributed by atoms with Gasteiger partial charge in [-0.05, 0) is 51.8 Å². The highest BCUT2D eigenvalue weighted by molar-refractivity contribution is 5.94. The van der Waals surface area contributed by atoms with Crippen molar-refractivity contribution >= 4 is 12.0 Å². The number of hydrogen-bond acceptors (Lipinski definition) is 8. The number of aliphatic hydroxyl groups is 1. The molecule has 1 aromatic carbocycles. The Morgan fingerprint density at radius 1 is 1.27 bits per heavy atom. The van der Waals surface area contributed by atoms with Crippen molar-refractivity contribution in [1.29, 1.82) is 0 Å². The lowest BCUT2D eigenvalue weighted by Crippen LogP contribution is -2.38. The number of amides is 2. The molecule has 0 aliphatic carbocycles. The summed E-state index contributed by atoms with van der Waals surface area (Å²) in [5.41, 5.74) is -1.19. The highest BCUT2D eigenvalue weighted by atomic mass is 19.1. The van der Waals surface area contributed by atoms with Crippen LogP contribution in [0.25, 0.3) is 0 Å². The normalized spacial score (nSPS) is 13.1. The third-order valence-corrected chi connectivity index (χ3v) is 5.07. The molecule has 0 radical (unpaired) electrons. The van der Waals surface area contributed by atoms with Crippen LogP contribution in [0.3, 0.4) is 0 Å². The van der Waals surface area contributed by atoms with Crippen molar-refractivity contribution in [3.8, 4) is 5.75 Å². The molecule has 37 heavy (non-hydrogen) atoms. The molecule has 0 spiro atoms. The largest absolute Gasteiger partial charge is 0.501 e. The average molecular weight is 523 g/mol. The average Bonchev–Trinajstić information content (AvgIpc) is 2.79. The van der Waals surface area contributed by atoms with Gasteiger partial charge in [-0.15, -0.1) is 0 Å². The summed E-state index contributed by atoms with van der Waals surface area (Å²) >= 11 is 0. The second kappa shape index (κ2) is 12.6. The maximum absolute atomic E-state index is 13.5. The number of ether oxygens (including phenoxy) is 2. The number of nitrogens with one attached hydrogen (secondary N) is 2. The molecule has 2 amide bonds. The van der Waals surface area contributed by atoms with E-state index in [9.17, 15) is 29.0 Å². The van der Waals surface area contributed by atoms with Crippen LogP contribution in [0.2, 0.25) is 0 Å². The molecule has 1 aromatic heterocycles. The molecular weight excluding hydrogens is 487 g/mol. The van der Waals surface area contributed by atoms with Crippen LogP contribution in [0.4, 0.5) is 9.18 Å². The molecule has 11 nitrogen and oxygen atoms in total. The van der Waals surface area contributed by atoms with E-state index in [4.69, 9.17) is 9.47 Å². The Morgan fingerprint density at radius 3 is 2.54 bits per heavy atom. The van der Waals surface area contributed by atoms with Gasteiger partial charge in [0.15, 0.2) is 5.69 Å². The molecule has 0 aliphatic heterocycles. The van der Waals surface area contributed by atoms with E-state index in [2.05, 4.69) is 15.3 Å². The van der Waals surface area contributed by atoms with Crippen molar-refractivity contribution in [2.24, 2.45) is 0 Å². The van der Waals surface area contributed by atoms with Crippen molar-refractivity contribution in [1.82, 2.24) is 20.2 Å². The molecule has 2 aromatic rings. The van der Waals surface area contributed by atoms with Crippen molar-refractivity contribution in [3.05, 3.63) is 57.0 Å². The summed E-state index contributed by atoms with van der Waals surface area (Å²) in [5.74, 6) is -2.83. The van der Waals surface area contributed by atoms with E-state index >= 15 is 0 Å². The number of rotatable bonds is 10. The molecule has 0 saturated carbocycles. The lowest BCUT2D eigenvalue weighted by molar-refractivity contribution is 0.0186. The molecular formula is C25H35FN4O7. The summed E-state index contributed by atoms with van der Waals surface area (Å²) in [7, 11) is 1.49. The summed E-state index contributed by atoms with van der Waals surface area (Å²) in [6.07, 6.45) is -1.38. The molecule has 2 rings (SSSR count). The van der Waals surface area contributed by atoms with Crippen LogP contribution in [0, 0.1) is 12.7 Å². The number of carbonyl (C=O) groups excluding carboxylic acids is 2. The second-order valence-electron chi connectivity index (χ2n) is 9.86. The van der Waals surface area contributed by atoms with Gasteiger partial charge in [0.05, 0.1) is 25.2 Å². The number of hydrogen-bond donors (Lipinski definition) is 4. The fourth-order valence-corrected chi connectivity index (χ4v) is 3.26. The zero-order valence-corrected chi connectivity index (χ0v) is 21.9. The molecule has 0 fully saturated rings. The zero-order chi connectivity index (χ0) is 27.9. The van der Waals surface area contributed by atoms with Gasteiger partial charge < -0.3 is 34.9 Å². The first-order chi connectivity index (χ1) is 17.2. The van der Waals surface area contributed by atoms with Crippen LogP contribution in [0.15, 0.2) is 23.0 Å². The molecule has 4 N–H and O–H groups in total. The number of carbonyl (C=O) groups is 2. The van der Waals surface area contributed by atoms with E-state index in [0.717, 1.165) is 0 Å². The Labute approximate surface area is 214 Å². The fourth-order valence-electron chi connectivity index (χ4n) is 3.26. The number of halogens is 1. The predicted octanol–water partition coefficient (Wildman–Crippen LogP) is 2.20. The number of aromatic nitrogens is 2. The van der Waals surface area contributed by atoms with E-state index < -0.39 is 46.6 Å². The SMILES string of the molecule is Cc1cc(CNC(=O)c2nc(C(COC[C@@H](C)O)CN(C)C(=O)OC(C)(C)C)[nH]c(=O)c2O)ccc1F. The van der Waals surface area contributed by atoms with Gasteiger partial charge in [-0.25, -0.2) is 14.2 Å². The third kappa shape index (κ3) is 9.14.